The SMILES string of the molecule is OS.c1cc[nH]c1.c1ccncc1. The second kappa shape index (κ2) is 10.7. The molecule has 0 saturated heterocycles. The summed E-state index contributed by atoms with van der Waals surface area (Å²) in [5, 5.41) is 0. The number of pyridine rings is 1. The van der Waals surface area contributed by atoms with E-state index in [1.54, 1.807) is 12.4 Å². The molecular weight excluding hydrogens is 184 g/mol. The van der Waals surface area contributed by atoms with E-state index in [0.717, 1.165) is 0 Å². The quantitative estimate of drug-likeness (QED) is 0.448. The zero-order chi connectivity index (χ0) is 9.78. The molecule has 0 atom stereocenters. The second-order valence-electron chi connectivity index (χ2n) is 1.91. The van der Waals surface area contributed by atoms with Crippen LogP contribution in [0.2, 0.25) is 0 Å². The lowest BCUT2D eigenvalue weighted by Crippen LogP contribution is -1.58. The van der Waals surface area contributed by atoms with E-state index in [1.807, 2.05) is 42.7 Å². The molecule has 0 unspecified atom stereocenters. The predicted octanol–water partition coefficient (Wildman–Crippen LogP) is 2.49. The Morgan fingerprint density at radius 2 is 1.38 bits per heavy atom. The molecule has 4 heteroatoms. The van der Waals surface area contributed by atoms with Gasteiger partial charge in [-0.15, -0.1) is 0 Å². The number of aromatic nitrogens is 2. The van der Waals surface area contributed by atoms with Crippen LogP contribution in [-0.2, 0) is 0 Å². The van der Waals surface area contributed by atoms with Gasteiger partial charge in [-0.3, -0.25) is 4.98 Å². The van der Waals surface area contributed by atoms with Crippen LogP contribution in [0.4, 0.5) is 0 Å². The molecule has 0 saturated carbocycles. The van der Waals surface area contributed by atoms with Crippen molar-refractivity contribution in [3.8, 4) is 0 Å². The number of hydrogen-bond donors (Lipinski definition) is 3. The van der Waals surface area contributed by atoms with Crippen molar-refractivity contribution in [1.29, 1.82) is 0 Å². The molecular formula is C9H12N2OS. The number of rotatable bonds is 0. The molecule has 0 aliphatic carbocycles. The van der Waals surface area contributed by atoms with Crippen molar-refractivity contribution in [3.05, 3.63) is 55.1 Å². The average Bonchev–Trinajstić information content (AvgIpc) is 2.82. The first-order valence-corrected chi connectivity index (χ1v) is 4.03. The van der Waals surface area contributed by atoms with E-state index < -0.39 is 0 Å². The average molecular weight is 196 g/mol. The van der Waals surface area contributed by atoms with Gasteiger partial charge >= 0.3 is 0 Å². The van der Waals surface area contributed by atoms with Gasteiger partial charge < -0.3 is 9.54 Å². The topological polar surface area (TPSA) is 48.9 Å². The van der Waals surface area contributed by atoms with Crippen LogP contribution in [0.25, 0.3) is 0 Å². The highest BCUT2D eigenvalue weighted by atomic mass is 32.1. The van der Waals surface area contributed by atoms with E-state index in [1.165, 1.54) is 0 Å². The molecule has 0 amide bonds. The third kappa shape index (κ3) is 8.65. The van der Waals surface area contributed by atoms with E-state index in [2.05, 4.69) is 22.9 Å². The largest absolute Gasteiger partial charge is 0.368 e. The molecule has 0 aromatic carbocycles. The summed E-state index contributed by atoms with van der Waals surface area (Å²) in [5.74, 6) is 0. The van der Waals surface area contributed by atoms with Crippen LogP contribution < -0.4 is 0 Å². The van der Waals surface area contributed by atoms with E-state index in [-0.39, 0.29) is 0 Å². The Kier molecular flexibility index (Phi) is 9.70. The maximum absolute atomic E-state index is 6.69. The minimum atomic E-state index is 1.75. The first-order valence-electron chi connectivity index (χ1n) is 3.63. The van der Waals surface area contributed by atoms with Crippen molar-refractivity contribution in [2.75, 3.05) is 0 Å². The lowest BCUT2D eigenvalue weighted by molar-refractivity contribution is 0.679. The molecule has 2 rings (SSSR count). The van der Waals surface area contributed by atoms with E-state index >= 15 is 0 Å². The van der Waals surface area contributed by atoms with Gasteiger partial charge in [-0.2, -0.15) is 0 Å². The molecule has 13 heavy (non-hydrogen) atoms. The van der Waals surface area contributed by atoms with Crippen molar-refractivity contribution in [2.45, 2.75) is 0 Å². The zero-order valence-corrected chi connectivity index (χ0v) is 7.93. The summed E-state index contributed by atoms with van der Waals surface area (Å²) in [4.78, 5) is 6.65. The van der Waals surface area contributed by atoms with Crippen molar-refractivity contribution in [2.24, 2.45) is 0 Å². The fraction of sp³-hybridized carbons (Fsp3) is 0. The highest BCUT2D eigenvalue weighted by Crippen LogP contribution is 1.73. The molecule has 0 aliphatic rings. The lowest BCUT2D eigenvalue weighted by Gasteiger charge is -1.70. The van der Waals surface area contributed by atoms with Crippen molar-refractivity contribution in [1.82, 2.24) is 9.97 Å². The van der Waals surface area contributed by atoms with Gasteiger partial charge in [0.1, 0.15) is 0 Å². The van der Waals surface area contributed by atoms with E-state index in [4.69, 9.17) is 4.55 Å². The summed E-state index contributed by atoms with van der Waals surface area (Å²) in [5.41, 5.74) is 0. The summed E-state index contributed by atoms with van der Waals surface area (Å²) in [6.07, 6.45) is 7.25. The minimum Gasteiger partial charge on any atom is -0.368 e. The highest BCUT2D eigenvalue weighted by Gasteiger charge is 1.58. The summed E-state index contributed by atoms with van der Waals surface area (Å²) in [6, 6.07) is 9.60. The van der Waals surface area contributed by atoms with Gasteiger partial charge in [-0.25, -0.2) is 0 Å². The second-order valence-corrected chi connectivity index (χ2v) is 1.91. The van der Waals surface area contributed by atoms with Gasteiger partial charge in [0.05, 0.1) is 0 Å². The van der Waals surface area contributed by atoms with Crippen LogP contribution in [0.1, 0.15) is 0 Å². The first kappa shape index (κ1) is 11.7. The maximum Gasteiger partial charge on any atom is 0.0267 e. The van der Waals surface area contributed by atoms with Crippen LogP contribution in [-0.4, -0.2) is 14.5 Å². The normalized spacial score (nSPS) is 7.23. The molecule has 2 aromatic heterocycles. The summed E-state index contributed by atoms with van der Waals surface area (Å²) in [7, 11) is 0. The highest BCUT2D eigenvalue weighted by molar-refractivity contribution is 7.74. The fourth-order valence-electron chi connectivity index (χ4n) is 0.590. The minimum absolute atomic E-state index is 1.75. The lowest BCUT2D eigenvalue weighted by atomic mass is 10.5. The number of nitrogens with zero attached hydrogens (tertiary/aromatic N) is 1. The van der Waals surface area contributed by atoms with Crippen molar-refractivity contribution >= 4 is 12.9 Å². The Morgan fingerprint density at radius 3 is 1.54 bits per heavy atom. The Hall–Kier alpha value is -1.26. The van der Waals surface area contributed by atoms with Crippen LogP contribution >= 0.6 is 12.9 Å². The van der Waals surface area contributed by atoms with Gasteiger partial charge in [0, 0.05) is 24.8 Å². The Morgan fingerprint density at radius 1 is 0.846 bits per heavy atom. The molecule has 2 aromatic rings. The van der Waals surface area contributed by atoms with Gasteiger partial charge in [0.25, 0.3) is 0 Å². The number of hydrogen-bond acceptors (Lipinski definition) is 3. The van der Waals surface area contributed by atoms with Gasteiger partial charge in [-0.1, -0.05) is 6.07 Å². The monoisotopic (exact) mass is 196 g/mol. The van der Waals surface area contributed by atoms with Crippen LogP contribution in [0.3, 0.4) is 0 Å². The number of nitrogens with one attached hydrogen (secondary N) is 1. The van der Waals surface area contributed by atoms with Crippen LogP contribution in [0, 0.1) is 0 Å². The van der Waals surface area contributed by atoms with Crippen LogP contribution in [0.5, 0.6) is 0 Å². The zero-order valence-electron chi connectivity index (χ0n) is 7.04. The molecule has 0 spiro atoms. The predicted molar refractivity (Wildman–Crippen MR) is 56.6 cm³/mol. The van der Waals surface area contributed by atoms with E-state index in [9.17, 15) is 0 Å². The smallest absolute Gasteiger partial charge is 0.0267 e. The summed E-state index contributed by atoms with van der Waals surface area (Å²) in [6.45, 7) is 0. The van der Waals surface area contributed by atoms with Gasteiger partial charge in [0.15, 0.2) is 0 Å². The summed E-state index contributed by atoms with van der Waals surface area (Å²) >= 11 is 2.53. The Balaban J connectivity index is 0.000000189. The third-order valence-corrected chi connectivity index (χ3v) is 1.06. The fourth-order valence-corrected chi connectivity index (χ4v) is 0.590. The number of H-pyrrole nitrogens is 1. The molecule has 0 bridgehead atoms. The number of aromatic amines is 1. The number of thiol groups is 1. The van der Waals surface area contributed by atoms with Crippen molar-refractivity contribution < 1.29 is 4.55 Å². The summed E-state index contributed by atoms with van der Waals surface area (Å²) < 4.78 is 6.69. The van der Waals surface area contributed by atoms with Crippen molar-refractivity contribution in [3.63, 3.8) is 0 Å². The molecule has 3 nitrogen and oxygen atoms in total. The van der Waals surface area contributed by atoms with Crippen LogP contribution in [0.15, 0.2) is 55.1 Å². The molecule has 0 aliphatic heterocycles. The molecule has 70 valence electrons. The molecule has 0 radical (unpaired) electrons. The van der Waals surface area contributed by atoms with E-state index in [0.29, 0.717) is 0 Å². The van der Waals surface area contributed by atoms with Gasteiger partial charge in [0.2, 0.25) is 0 Å². The van der Waals surface area contributed by atoms with Gasteiger partial charge in [-0.05, 0) is 37.2 Å². The molecule has 2 heterocycles. The maximum atomic E-state index is 6.69. The third-order valence-electron chi connectivity index (χ3n) is 1.06. The first-order chi connectivity index (χ1) is 6.50. The standard InChI is InChI=1S/C5H5N.C4H5N.H2OS/c1-2-4-6-5-3-1;1-2-4-5-3-1;1-2/h1-5H;1-5H;1-2H. The molecule has 2 N–H and O–H groups in total. The molecule has 0 fully saturated rings. The Bertz CT molecular complexity index is 203. The Labute approximate surface area is 83.1 Å².